The topological polar surface area (TPSA) is 75.6 Å². The summed E-state index contributed by atoms with van der Waals surface area (Å²) in [6, 6.07) is 7.77. The van der Waals surface area contributed by atoms with E-state index in [1.165, 1.54) is 0 Å². The van der Waals surface area contributed by atoms with Crippen LogP contribution in [0.1, 0.15) is 36.7 Å². The van der Waals surface area contributed by atoms with Crippen LogP contribution in [0.15, 0.2) is 36.7 Å². The maximum atomic E-state index is 12.7. The van der Waals surface area contributed by atoms with Crippen LogP contribution >= 0.6 is 0 Å². The number of hydrogen-bond donors (Lipinski definition) is 2. The lowest BCUT2D eigenvalue weighted by molar-refractivity contribution is -0.117. The van der Waals surface area contributed by atoms with Crippen molar-refractivity contribution in [3.63, 3.8) is 0 Å². The minimum atomic E-state index is -0.278. The van der Waals surface area contributed by atoms with E-state index in [9.17, 15) is 4.79 Å². The van der Waals surface area contributed by atoms with E-state index in [-0.39, 0.29) is 11.8 Å². The van der Waals surface area contributed by atoms with Gasteiger partial charge in [-0.05, 0) is 39.8 Å². The molecule has 6 heteroatoms. The number of benzene rings is 1. The first-order valence-corrected chi connectivity index (χ1v) is 8.45. The summed E-state index contributed by atoms with van der Waals surface area (Å²) in [6.07, 6.45) is 3.74. The molecular formula is C19H23N5O. The zero-order valence-electron chi connectivity index (χ0n) is 15.0. The number of aromatic amines is 1. The molecule has 1 unspecified atom stereocenters. The Labute approximate surface area is 147 Å². The molecule has 0 fully saturated rings. The fraction of sp³-hybridized carbons (Fsp3) is 0.316. The zero-order chi connectivity index (χ0) is 18.0. The van der Waals surface area contributed by atoms with Crippen molar-refractivity contribution < 1.29 is 4.79 Å². The third-order valence-electron chi connectivity index (χ3n) is 4.46. The molecule has 0 bridgehead atoms. The molecule has 2 aromatic heterocycles. The number of carbonyl (C=O) groups excluding carboxylic acids is 1. The van der Waals surface area contributed by atoms with Crippen LogP contribution in [-0.4, -0.2) is 25.7 Å². The number of nitrogens with one attached hydrogen (secondary N) is 2. The fourth-order valence-corrected chi connectivity index (χ4v) is 3.14. The number of hydrogen-bond acceptors (Lipinski definition) is 3. The molecule has 25 heavy (non-hydrogen) atoms. The lowest BCUT2D eigenvalue weighted by Gasteiger charge is -2.14. The summed E-state index contributed by atoms with van der Waals surface area (Å²) in [5.41, 5.74) is 4.49. The highest BCUT2D eigenvalue weighted by Gasteiger charge is 2.21. The van der Waals surface area contributed by atoms with Crippen molar-refractivity contribution in [3.05, 3.63) is 53.6 Å². The number of amides is 1. The first kappa shape index (κ1) is 17.0. The summed E-state index contributed by atoms with van der Waals surface area (Å²) < 4.78 is 2.07. The van der Waals surface area contributed by atoms with Gasteiger partial charge in [-0.25, -0.2) is 4.98 Å². The van der Waals surface area contributed by atoms with Crippen molar-refractivity contribution in [3.8, 4) is 11.4 Å². The maximum absolute atomic E-state index is 12.7. The molecule has 0 saturated carbocycles. The molecule has 3 rings (SSSR count). The van der Waals surface area contributed by atoms with Gasteiger partial charge in [0.1, 0.15) is 5.82 Å². The van der Waals surface area contributed by atoms with Crippen molar-refractivity contribution in [1.82, 2.24) is 19.7 Å². The fourth-order valence-electron chi connectivity index (χ4n) is 3.14. The van der Waals surface area contributed by atoms with Gasteiger partial charge < -0.3 is 9.88 Å². The zero-order valence-corrected chi connectivity index (χ0v) is 15.0. The molecule has 1 aromatic carbocycles. The third-order valence-corrected chi connectivity index (χ3v) is 4.46. The predicted molar refractivity (Wildman–Crippen MR) is 98.4 cm³/mol. The quantitative estimate of drug-likeness (QED) is 0.746. The molecule has 3 aromatic rings. The summed E-state index contributed by atoms with van der Waals surface area (Å²) in [7, 11) is 0. The Balaban J connectivity index is 1.82. The van der Waals surface area contributed by atoms with Gasteiger partial charge in [0.25, 0.3) is 0 Å². The summed E-state index contributed by atoms with van der Waals surface area (Å²) >= 11 is 0. The number of anilines is 1. The first-order chi connectivity index (χ1) is 12.0. The van der Waals surface area contributed by atoms with Gasteiger partial charge in [0.15, 0.2) is 0 Å². The van der Waals surface area contributed by atoms with Gasteiger partial charge in [-0.15, -0.1) is 0 Å². The third kappa shape index (κ3) is 3.33. The second-order valence-corrected chi connectivity index (χ2v) is 6.18. The van der Waals surface area contributed by atoms with E-state index in [1.54, 1.807) is 6.20 Å². The number of aromatic nitrogens is 4. The molecule has 130 valence electrons. The predicted octanol–water partition coefficient (Wildman–Crippen LogP) is 3.65. The highest BCUT2D eigenvalue weighted by molar-refractivity contribution is 5.96. The Bertz CT molecular complexity index is 873. The second kappa shape index (κ2) is 6.93. The molecule has 0 aliphatic carbocycles. The van der Waals surface area contributed by atoms with E-state index < -0.39 is 0 Å². The molecule has 0 saturated heterocycles. The number of rotatable bonds is 5. The molecule has 1 amide bonds. The van der Waals surface area contributed by atoms with Gasteiger partial charge in [0.05, 0.1) is 11.6 Å². The SMILES string of the molecule is CCn1ccnc1-c1cccc(NC(=O)C(C)c2c(C)n[nH]c2C)c1. The minimum absolute atomic E-state index is 0.0522. The van der Waals surface area contributed by atoms with Crippen molar-refractivity contribution in [1.29, 1.82) is 0 Å². The summed E-state index contributed by atoms with van der Waals surface area (Å²) in [5.74, 6) is 0.566. The number of carbonyl (C=O) groups is 1. The number of imidazole rings is 1. The summed E-state index contributed by atoms with van der Waals surface area (Å²) in [4.78, 5) is 17.1. The van der Waals surface area contributed by atoms with E-state index in [0.29, 0.717) is 0 Å². The van der Waals surface area contributed by atoms with E-state index in [1.807, 2.05) is 51.2 Å². The van der Waals surface area contributed by atoms with Crippen LogP contribution in [0.4, 0.5) is 5.69 Å². The minimum Gasteiger partial charge on any atom is -0.331 e. The van der Waals surface area contributed by atoms with Gasteiger partial charge in [-0.1, -0.05) is 12.1 Å². The van der Waals surface area contributed by atoms with Crippen molar-refractivity contribution in [2.75, 3.05) is 5.32 Å². The molecule has 0 spiro atoms. The Kier molecular flexibility index (Phi) is 4.70. The Morgan fingerprint density at radius 1 is 1.36 bits per heavy atom. The first-order valence-electron chi connectivity index (χ1n) is 8.45. The molecule has 0 aliphatic heterocycles. The van der Waals surface area contributed by atoms with Crippen LogP contribution in [0.5, 0.6) is 0 Å². The Hall–Kier alpha value is -2.89. The molecular weight excluding hydrogens is 314 g/mol. The number of H-pyrrole nitrogens is 1. The van der Waals surface area contributed by atoms with E-state index >= 15 is 0 Å². The highest BCUT2D eigenvalue weighted by atomic mass is 16.1. The average molecular weight is 337 g/mol. The highest BCUT2D eigenvalue weighted by Crippen LogP contribution is 2.25. The molecule has 0 radical (unpaired) electrons. The van der Waals surface area contributed by atoms with Crippen molar-refractivity contribution >= 4 is 11.6 Å². The lowest BCUT2D eigenvalue weighted by atomic mass is 9.98. The monoisotopic (exact) mass is 337 g/mol. The molecule has 1 atom stereocenters. The standard InChI is InChI=1S/C19H23N5O/c1-5-24-10-9-20-18(24)15-7-6-8-16(11-15)21-19(25)12(2)17-13(3)22-23-14(17)4/h6-12H,5H2,1-4H3,(H,21,25)(H,22,23). The van der Waals surface area contributed by atoms with Gasteiger partial charge in [-0.3, -0.25) is 9.89 Å². The molecule has 2 N–H and O–H groups in total. The summed E-state index contributed by atoms with van der Waals surface area (Å²) in [6.45, 7) is 8.67. The molecule has 6 nitrogen and oxygen atoms in total. The molecule has 0 aliphatic rings. The summed E-state index contributed by atoms with van der Waals surface area (Å²) in [5, 5.41) is 10.1. The Morgan fingerprint density at radius 3 is 2.84 bits per heavy atom. The van der Waals surface area contributed by atoms with E-state index in [2.05, 4.69) is 32.0 Å². The van der Waals surface area contributed by atoms with E-state index in [4.69, 9.17) is 0 Å². The molecule has 2 heterocycles. The van der Waals surface area contributed by atoms with Crippen LogP contribution < -0.4 is 5.32 Å². The largest absolute Gasteiger partial charge is 0.331 e. The van der Waals surface area contributed by atoms with Gasteiger partial charge in [0.2, 0.25) is 5.91 Å². The second-order valence-electron chi connectivity index (χ2n) is 6.18. The van der Waals surface area contributed by atoms with Gasteiger partial charge >= 0.3 is 0 Å². The van der Waals surface area contributed by atoms with Crippen LogP contribution in [-0.2, 0) is 11.3 Å². The lowest BCUT2D eigenvalue weighted by Crippen LogP contribution is -2.19. The van der Waals surface area contributed by atoms with Crippen molar-refractivity contribution in [2.45, 2.75) is 40.2 Å². The van der Waals surface area contributed by atoms with Crippen LogP contribution in [0.25, 0.3) is 11.4 Å². The number of nitrogens with zero attached hydrogens (tertiary/aromatic N) is 3. The Morgan fingerprint density at radius 2 is 2.16 bits per heavy atom. The normalized spacial score (nSPS) is 12.2. The van der Waals surface area contributed by atoms with Crippen LogP contribution in [0, 0.1) is 13.8 Å². The van der Waals surface area contributed by atoms with Gasteiger partial charge in [-0.2, -0.15) is 5.10 Å². The van der Waals surface area contributed by atoms with Crippen LogP contribution in [0.2, 0.25) is 0 Å². The smallest absolute Gasteiger partial charge is 0.231 e. The van der Waals surface area contributed by atoms with Crippen molar-refractivity contribution in [2.24, 2.45) is 0 Å². The van der Waals surface area contributed by atoms with Gasteiger partial charge in [0, 0.05) is 41.4 Å². The average Bonchev–Trinajstić information content (AvgIpc) is 3.21. The van der Waals surface area contributed by atoms with E-state index in [0.717, 1.165) is 40.6 Å². The maximum Gasteiger partial charge on any atom is 0.231 e. The van der Waals surface area contributed by atoms with Crippen LogP contribution in [0.3, 0.4) is 0 Å². The number of aryl methyl sites for hydroxylation is 3.